The van der Waals surface area contributed by atoms with E-state index in [1.807, 2.05) is 0 Å². The summed E-state index contributed by atoms with van der Waals surface area (Å²) < 4.78 is 5.38. The molecule has 1 heterocycles. The molecule has 0 aromatic carbocycles. The summed E-state index contributed by atoms with van der Waals surface area (Å²) in [5, 5.41) is 11.3. The highest BCUT2D eigenvalue weighted by Gasteiger charge is 2.24. The van der Waals surface area contributed by atoms with Gasteiger partial charge in [-0.1, -0.05) is 0 Å². The molecule has 0 radical (unpaired) electrons. The van der Waals surface area contributed by atoms with Gasteiger partial charge in [0.25, 0.3) is 11.8 Å². The van der Waals surface area contributed by atoms with Crippen molar-refractivity contribution in [2.75, 3.05) is 19.7 Å². The molecule has 0 aromatic rings. The normalized spacial score (nSPS) is 14.5. The average molecular weight is 312 g/mol. The zero-order valence-electron chi connectivity index (χ0n) is 12.6. The first-order chi connectivity index (χ1) is 10.2. The van der Waals surface area contributed by atoms with Crippen molar-refractivity contribution < 1.29 is 29.0 Å². The molecule has 0 atom stereocenters. The molecule has 0 aliphatic carbocycles. The van der Waals surface area contributed by atoms with Crippen molar-refractivity contribution in [1.82, 2.24) is 10.2 Å². The van der Waals surface area contributed by atoms with Crippen LogP contribution in [0.2, 0.25) is 0 Å². The number of carbonyl (C=O) groups excluding carboxylic acids is 3. The molecule has 1 rings (SSSR count). The van der Waals surface area contributed by atoms with Crippen molar-refractivity contribution in [3.8, 4) is 0 Å². The smallest absolute Gasteiger partial charge is 0.306 e. The van der Waals surface area contributed by atoms with Crippen LogP contribution in [-0.2, 0) is 23.9 Å². The van der Waals surface area contributed by atoms with E-state index in [9.17, 15) is 19.2 Å². The van der Waals surface area contributed by atoms with Gasteiger partial charge in [-0.3, -0.25) is 24.1 Å². The van der Waals surface area contributed by atoms with Crippen LogP contribution in [0.25, 0.3) is 0 Å². The quantitative estimate of drug-likeness (QED) is 0.446. The van der Waals surface area contributed by atoms with Gasteiger partial charge in [-0.25, -0.2) is 0 Å². The topological polar surface area (TPSA) is 113 Å². The summed E-state index contributed by atoms with van der Waals surface area (Å²) in [6, 6.07) is 0. The fourth-order valence-corrected chi connectivity index (χ4v) is 1.89. The molecule has 8 nitrogen and oxygen atoms in total. The number of nitrogens with one attached hydrogen (secondary N) is 1. The maximum absolute atomic E-state index is 11.6. The van der Waals surface area contributed by atoms with Gasteiger partial charge in [-0.05, 0) is 13.8 Å². The molecule has 8 heteroatoms. The van der Waals surface area contributed by atoms with Crippen LogP contribution in [0, 0.1) is 0 Å². The number of nitrogens with zero attached hydrogens (tertiary/aromatic N) is 1. The molecule has 0 aromatic heterocycles. The van der Waals surface area contributed by atoms with E-state index in [0.29, 0.717) is 0 Å². The summed E-state index contributed by atoms with van der Waals surface area (Å²) in [5.41, 5.74) is -0.809. The van der Waals surface area contributed by atoms with Gasteiger partial charge in [0.05, 0.1) is 18.6 Å². The predicted octanol–water partition coefficient (Wildman–Crippen LogP) is -0.312. The second-order valence-corrected chi connectivity index (χ2v) is 5.44. The first kappa shape index (κ1) is 17.8. The SMILES string of the molecule is CC(C)(CC(=O)O)OCCNC(=O)CCN1C(=O)C=CC1=O. The Labute approximate surface area is 128 Å². The lowest BCUT2D eigenvalue weighted by Crippen LogP contribution is -2.36. The number of carboxylic acid groups (broad SMARTS) is 1. The van der Waals surface area contributed by atoms with Gasteiger partial charge < -0.3 is 15.2 Å². The van der Waals surface area contributed by atoms with Crippen LogP contribution in [0.3, 0.4) is 0 Å². The van der Waals surface area contributed by atoms with Crippen LogP contribution in [0.15, 0.2) is 12.2 Å². The highest BCUT2D eigenvalue weighted by atomic mass is 16.5. The van der Waals surface area contributed by atoms with Crippen molar-refractivity contribution in [1.29, 1.82) is 0 Å². The van der Waals surface area contributed by atoms with Gasteiger partial charge in [0.1, 0.15) is 0 Å². The maximum Gasteiger partial charge on any atom is 0.306 e. The monoisotopic (exact) mass is 312 g/mol. The molecule has 0 spiro atoms. The van der Waals surface area contributed by atoms with Gasteiger partial charge in [0, 0.05) is 31.7 Å². The van der Waals surface area contributed by atoms with Crippen molar-refractivity contribution in [3.63, 3.8) is 0 Å². The number of amides is 3. The van der Waals surface area contributed by atoms with Crippen LogP contribution in [0.4, 0.5) is 0 Å². The van der Waals surface area contributed by atoms with E-state index in [1.54, 1.807) is 13.8 Å². The summed E-state index contributed by atoms with van der Waals surface area (Å²) in [4.78, 5) is 45.7. The third-order valence-electron chi connectivity index (χ3n) is 2.96. The van der Waals surface area contributed by atoms with Crippen molar-refractivity contribution in [3.05, 3.63) is 12.2 Å². The van der Waals surface area contributed by atoms with Crippen molar-refractivity contribution >= 4 is 23.7 Å². The van der Waals surface area contributed by atoms with Crippen LogP contribution in [0.1, 0.15) is 26.7 Å². The molecule has 122 valence electrons. The van der Waals surface area contributed by atoms with Crippen molar-refractivity contribution in [2.45, 2.75) is 32.3 Å². The molecule has 0 saturated carbocycles. The van der Waals surface area contributed by atoms with Crippen LogP contribution in [-0.4, -0.2) is 59.0 Å². The largest absolute Gasteiger partial charge is 0.481 e. The summed E-state index contributed by atoms with van der Waals surface area (Å²) in [6.07, 6.45) is 2.21. The van der Waals surface area contributed by atoms with Gasteiger partial charge in [-0.2, -0.15) is 0 Å². The molecule has 0 saturated heterocycles. The second kappa shape index (κ2) is 7.69. The molecular formula is C14H20N2O6. The van der Waals surface area contributed by atoms with Crippen LogP contribution in [0.5, 0.6) is 0 Å². The number of aliphatic carboxylic acids is 1. The van der Waals surface area contributed by atoms with Crippen molar-refractivity contribution in [2.24, 2.45) is 0 Å². The van der Waals surface area contributed by atoms with E-state index in [1.165, 1.54) is 12.2 Å². The van der Waals surface area contributed by atoms with E-state index < -0.39 is 23.4 Å². The van der Waals surface area contributed by atoms with Crippen LogP contribution < -0.4 is 5.32 Å². The van der Waals surface area contributed by atoms with Crippen LogP contribution >= 0.6 is 0 Å². The number of imide groups is 1. The van der Waals surface area contributed by atoms with Gasteiger partial charge in [0.2, 0.25) is 5.91 Å². The lowest BCUT2D eigenvalue weighted by molar-refractivity contribution is -0.144. The summed E-state index contributed by atoms with van der Waals surface area (Å²) in [6.45, 7) is 3.74. The minimum absolute atomic E-state index is 0.0116. The summed E-state index contributed by atoms with van der Waals surface area (Å²) in [7, 11) is 0. The molecule has 0 bridgehead atoms. The molecular weight excluding hydrogens is 292 g/mol. The Balaban J connectivity index is 2.17. The predicted molar refractivity (Wildman–Crippen MR) is 75.8 cm³/mol. The highest BCUT2D eigenvalue weighted by Crippen LogP contribution is 2.13. The van der Waals surface area contributed by atoms with Gasteiger partial charge in [-0.15, -0.1) is 0 Å². The van der Waals surface area contributed by atoms with E-state index in [2.05, 4.69) is 5.32 Å². The van der Waals surface area contributed by atoms with Gasteiger partial charge >= 0.3 is 5.97 Å². The Morgan fingerprint density at radius 1 is 1.27 bits per heavy atom. The average Bonchev–Trinajstić information content (AvgIpc) is 2.70. The fraction of sp³-hybridized carbons (Fsp3) is 0.571. The Kier molecular flexibility index (Phi) is 6.24. The Bertz CT molecular complexity index is 480. The Hall–Kier alpha value is -2.22. The summed E-state index contributed by atoms with van der Waals surface area (Å²) >= 11 is 0. The van der Waals surface area contributed by atoms with E-state index in [0.717, 1.165) is 4.90 Å². The lowest BCUT2D eigenvalue weighted by atomic mass is 10.1. The van der Waals surface area contributed by atoms with E-state index in [4.69, 9.17) is 9.84 Å². The first-order valence-corrected chi connectivity index (χ1v) is 6.87. The zero-order valence-corrected chi connectivity index (χ0v) is 12.6. The molecule has 1 aliphatic heterocycles. The highest BCUT2D eigenvalue weighted by molar-refractivity contribution is 6.13. The summed E-state index contributed by atoms with van der Waals surface area (Å²) in [5.74, 6) is -2.11. The maximum atomic E-state index is 11.6. The minimum Gasteiger partial charge on any atom is -0.481 e. The third-order valence-corrected chi connectivity index (χ3v) is 2.96. The zero-order chi connectivity index (χ0) is 16.8. The number of ether oxygens (including phenoxy) is 1. The lowest BCUT2D eigenvalue weighted by Gasteiger charge is -2.23. The Morgan fingerprint density at radius 3 is 2.41 bits per heavy atom. The standard InChI is InChI=1S/C14H20N2O6/c1-14(2,9-13(20)21)22-8-6-15-10(17)5-7-16-11(18)3-4-12(16)19/h3-4H,5-9H2,1-2H3,(H,15,17)(H,20,21). The number of rotatable bonds is 9. The number of carboxylic acids is 1. The molecule has 22 heavy (non-hydrogen) atoms. The molecule has 1 aliphatic rings. The fourth-order valence-electron chi connectivity index (χ4n) is 1.89. The molecule has 0 unspecified atom stereocenters. The van der Waals surface area contributed by atoms with E-state index >= 15 is 0 Å². The molecule has 0 fully saturated rings. The number of hydrogen-bond donors (Lipinski definition) is 2. The second-order valence-electron chi connectivity index (χ2n) is 5.44. The minimum atomic E-state index is -0.956. The third kappa shape index (κ3) is 6.04. The first-order valence-electron chi connectivity index (χ1n) is 6.87. The number of carbonyl (C=O) groups is 4. The Morgan fingerprint density at radius 2 is 1.86 bits per heavy atom. The number of hydrogen-bond acceptors (Lipinski definition) is 5. The van der Waals surface area contributed by atoms with Gasteiger partial charge in [0.15, 0.2) is 0 Å². The molecule has 2 N–H and O–H groups in total. The molecule has 3 amide bonds. The van der Waals surface area contributed by atoms with E-state index in [-0.39, 0.29) is 38.4 Å².